The van der Waals surface area contributed by atoms with Gasteiger partial charge in [0.2, 0.25) is 0 Å². The zero-order valence-electron chi connectivity index (χ0n) is 10.00. The fourth-order valence-corrected chi connectivity index (χ4v) is 2.87. The molecule has 1 aliphatic heterocycles. The zero-order valence-corrected chi connectivity index (χ0v) is 11.6. The van der Waals surface area contributed by atoms with E-state index in [1.807, 2.05) is 0 Å². The number of thiocarbonyl (C=S) groups is 1. The minimum absolute atomic E-state index is 0.0979. The molecule has 0 aromatic heterocycles. The molecule has 0 aliphatic carbocycles. The fraction of sp³-hybridized carbons (Fsp3) is 0.0714. The van der Waals surface area contributed by atoms with Crippen molar-refractivity contribution in [2.75, 3.05) is 6.54 Å². The lowest BCUT2D eigenvalue weighted by Crippen LogP contribution is -2.27. The normalized spacial score (nSPS) is 16.8. The maximum absolute atomic E-state index is 12.1. The summed E-state index contributed by atoms with van der Waals surface area (Å²) in [5.74, 6) is -0.0979. The van der Waals surface area contributed by atoms with Crippen molar-refractivity contribution in [3.63, 3.8) is 0 Å². The monoisotopic (exact) mass is 286 g/mol. The quantitative estimate of drug-likeness (QED) is 0.487. The molecule has 5 heteroatoms. The predicted octanol–water partition coefficient (Wildman–Crippen LogP) is 2.95. The molecule has 0 saturated carbocycles. The highest BCUT2D eigenvalue weighted by molar-refractivity contribution is 8.26. The number of carbonyl (C=O) groups excluding carboxylic acids is 1. The van der Waals surface area contributed by atoms with Crippen LogP contribution in [-0.2, 0) is 4.79 Å². The second kappa shape index (κ2) is 5.83. The van der Waals surface area contributed by atoms with Gasteiger partial charge in [-0.05, 0) is 23.8 Å². The average Bonchev–Trinajstić information content (AvgIpc) is 2.68. The molecule has 1 heterocycles. The third-order valence-corrected chi connectivity index (χ3v) is 3.90. The second-order valence-corrected chi connectivity index (χ2v) is 5.49. The first-order valence-corrected chi connectivity index (χ1v) is 6.74. The van der Waals surface area contributed by atoms with E-state index in [-0.39, 0.29) is 5.91 Å². The molecule has 0 spiro atoms. The van der Waals surface area contributed by atoms with Crippen LogP contribution in [0.1, 0.15) is 11.1 Å². The van der Waals surface area contributed by atoms with Crippen molar-refractivity contribution < 1.29 is 4.79 Å². The Hall–Kier alpha value is -1.90. The standard InChI is InChI=1S/C14H10N2OS2/c1-2-7-16-13(17)12(19-14(16)18)8-10-3-5-11(9-15)6-4-10/h2-6,8H,1,7H2/b12-8-. The second-order valence-electron chi connectivity index (χ2n) is 3.81. The lowest BCUT2D eigenvalue weighted by molar-refractivity contribution is -0.121. The summed E-state index contributed by atoms with van der Waals surface area (Å²) in [6.07, 6.45) is 3.43. The van der Waals surface area contributed by atoms with Gasteiger partial charge in [0.1, 0.15) is 4.32 Å². The minimum atomic E-state index is -0.0979. The number of hydrogen-bond acceptors (Lipinski definition) is 4. The van der Waals surface area contributed by atoms with Crippen molar-refractivity contribution in [3.8, 4) is 6.07 Å². The molecule has 3 nitrogen and oxygen atoms in total. The molecule has 0 atom stereocenters. The van der Waals surface area contributed by atoms with Crippen molar-refractivity contribution >= 4 is 40.3 Å². The molecule has 19 heavy (non-hydrogen) atoms. The van der Waals surface area contributed by atoms with Gasteiger partial charge in [0, 0.05) is 6.54 Å². The van der Waals surface area contributed by atoms with Gasteiger partial charge >= 0.3 is 0 Å². The molecule has 1 aromatic rings. The lowest BCUT2D eigenvalue weighted by atomic mass is 10.1. The highest BCUT2D eigenvalue weighted by Gasteiger charge is 2.30. The first kappa shape index (κ1) is 13.5. The Morgan fingerprint density at radius 1 is 1.42 bits per heavy atom. The number of nitriles is 1. The van der Waals surface area contributed by atoms with Crippen LogP contribution in [0.4, 0.5) is 0 Å². The van der Waals surface area contributed by atoms with Crippen LogP contribution in [0.3, 0.4) is 0 Å². The first-order valence-electron chi connectivity index (χ1n) is 5.52. The maximum atomic E-state index is 12.1. The van der Waals surface area contributed by atoms with Gasteiger partial charge < -0.3 is 0 Å². The Kier molecular flexibility index (Phi) is 4.15. The predicted molar refractivity (Wildman–Crippen MR) is 81.2 cm³/mol. The number of hydrogen-bond donors (Lipinski definition) is 0. The molecular formula is C14H10N2OS2. The molecule has 2 rings (SSSR count). The third-order valence-electron chi connectivity index (χ3n) is 2.52. The maximum Gasteiger partial charge on any atom is 0.266 e. The van der Waals surface area contributed by atoms with Gasteiger partial charge in [-0.3, -0.25) is 9.69 Å². The number of amides is 1. The van der Waals surface area contributed by atoms with E-state index in [9.17, 15) is 4.79 Å². The Morgan fingerprint density at radius 3 is 2.68 bits per heavy atom. The summed E-state index contributed by atoms with van der Waals surface area (Å²) >= 11 is 6.43. The van der Waals surface area contributed by atoms with E-state index < -0.39 is 0 Å². The van der Waals surface area contributed by atoms with Gasteiger partial charge in [0.15, 0.2) is 0 Å². The van der Waals surface area contributed by atoms with Gasteiger partial charge in [-0.2, -0.15) is 5.26 Å². The molecule has 0 radical (unpaired) electrons. The van der Waals surface area contributed by atoms with E-state index in [0.717, 1.165) is 5.56 Å². The topological polar surface area (TPSA) is 44.1 Å². The fourth-order valence-electron chi connectivity index (χ4n) is 1.59. The van der Waals surface area contributed by atoms with Crippen LogP contribution in [0, 0.1) is 11.3 Å². The van der Waals surface area contributed by atoms with Crippen LogP contribution in [0.15, 0.2) is 41.8 Å². The minimum Gasteiger partial charge on any atom is -0.289 e. The van der Waals surface area contributed by atoms with Crippen molar-refractivity contribution in [2.24, 2.45) is 0 Å². The molecule has 1 aliphatic rings. The highest BCUT2D eigenvalue weighted by atomic mass is 32.2. The van der Waals surface area contributed by atoms with E-state index >= 15 is 0 Å². The molecule has 1 aromatic carbocycles. The summed E-state index contributed by atoms with van der Waals surface area (Å²) in [4.78, 5) is 14.2. The van der Waals surface area contributed by atoms with E-state index in [1.54, 1.807) is 36.4 Å². The molecule has 0 N–H and O–H groups in total. The van der Waals surface area contributed by atoms with Gasteiger partial charge in [-0.15, -0.1) is 6.58 Å². The summed E-state index contributed by atoms with van der Waals surface area (Å²) in [7, 11) is 0. The zero-order chi connectivity index (χ0) is 13.8. The van der Waals surface area contributed by atoms with Gasteiger partial charge in [-0.25, -0.2) is 0 Å². The van der Waals surface area contributed by atoms with Crippen molar-refractivity contribution in [3.05, 3.63) is 53.0 Å². The van der Waals surface area contributed by atoms with Crippen LogP contribution in [-0.4, -0.2) is 21.7 Å². The molecule has 94 valence electrons. The van der Waals surface area contributed by atoms with Crippen LogP contribution >= 0.6 is 24.0 Å². The van der Waals surface area contributed by atoms with Crippen molar-refractivity contribution in [1.82, 2.24) is 4.90 Å². The SMILES string of the molecule is C=CCN1C(=O)/C(=C/c2ccc(C#N)cc2)SC1=S. The Morgan fingerprint density at radius 2 is 2.11 bits per heavy atom. The Balaban J connectivity index is 2.24. The number of benzene rings is 1. The molecular weight excluding hydrogens is 276 g/mol. The summed E-state index contributed by atoms with van der Waals surface area (Å²) in [5, 5.41) is 8.73. The van der Waals surface area contributed by atoms with E-state index in [2.05, 4.69) is 12.6 Å². The average molecular weight is 286 g/mol. The summed E-state index contributed by atoms with van der Waals surface area (Å²) in [5.41, 5.74) is 1.47. The number of rotatable bonds is 3. The number of carbonyl (C=O) groups is 1. The van der Waals surface area contributed by atoms with Crippen LogP contribution in [0.2, 0.25) is 0 Å². The van der Waals surface area contributed by atoms with Crippen molar-refractivity contribution in [2.45, 2.75) is 0 Å². The highest BCUT2D eigenvalue weighted by Crippen LogP contribution is 2.32. The molecule has 0 unspecified atom stereocenters. The summed E-state index contributed by atoms with van der Waals surface area (Å²) in [6.45, 7) is 4.03. The molecule has 1 fully saturated rings. The summed E-state index contributed by atoms with van der Waals surface area (Å²) in [6, 6.07) is 9.10. The smallest absolute Gasteiger partial charge is 0.266 e. The van der Waals surface area contributed by atoms with Gasteiger partial charge in [0.05, 0.1) is 16.5 Å². The van der Waals surface area contributed by atoms with Crippen LogP contribution in [0.5, 0.6) is 0 Å². The van der Waals surface area contributed by atoms with E-state index in [0.29, 0.717) is 21.3 Å². The molecule has 0 bridgehead atoms. The van der Waals surface area contributed by atoms with Gasteiger partial charge in [-0.1, -0.05) is 42.2 Å². The summed E-state index contributed by atoms with van der Waals surface area (Å²) < 4.78 is 0.546. The van der Waals surface area contributed by atoms with E-state index in [4.69, 9.17) is 17.5 Å². The number of thioether (sulfide) groups is 1. The largest absolute Gasteiger partial charge is 0.289 e. The van der Waals surface area contributed by atoms with Gasteiger partial charge in [0.25, 0.3) is 5.91 Å². The Bertz CT molecular complexity index is 611. The molecule has 1 saturated heterocycles. The number of nitrogens with zero attached hydrogens (tertiary/aromatic N) is 2. The van der Waals surface area contributed by atoms with Crippen LogP contribution in [0.25, 0.3) is 6.08 Å². The molecule has 1 amide bonds. The third kappa shape index (κ3) is 2.92. The van der Waals surface area contributed by atoms with E-state index in [1.165, 1.54) is 16.7 Å². The first-order chi connectivity index (χ1) is 9.15. The van der Waals surface area contributed by atoms with Crippen molar-refractivity contribution in [1.29, 1.82) is 5.26 Å². The lowest BCUT2D eigenvalue weighted by Gasteiger charge is -2.10. The Labute approximate surface area is 121 Å². The van der Waals surface area contributed by atoms with Crippen LogP contribution < -0.4 is 0 Å².